The van der Waals surface area contributed by atoms with E-state index in [4.69, 9.17) is 16.7 Å². The van der Waals surface area contributed by atoms with Gasteiger partial charge >= 0.3 is 5.82 Å². The van der Waals surface area contributed by atoms with Crippen LogP contribution in [0.25, 0.3) is 0 Å². The molecule has 0 aromatic carbocycles. The number of nitro groups is 1. The minimum absolute atomic E-state index is 0.106. The summed E-state index contributed by atoms with van der Waals surface area (Å²) in [5.74, 6) is 0.424. The van der Waals surface area contributed by atoms with Crippen LogP contribution < -0.4 is 0 Å². The Morgan fingerprint density at radius 2 is 2.50 bits per heavy atom. The van der Waals surface area contributed by atoms with E-state index < -0.39 is 11.0 Å². The lowest BCUT2D eigenvalue weighted by Crippen LogP contribution is -2.18. The summed E-state index contributed by atoms with van der Waals surface area (Å²) in [5, 5.41) is 19.6. The topological polar surface area (TPSA) is 81.2 Å². The molecule has 0 aliphatic carbocycles. The van der Waals surface area contributed by atoms with Gasteiger partial charge < -0.3 is 15.2 Å². The number of aromatic nitrogens is 2. The highest BCUT2D eigenvalue weighted by Crippen LogP contribution is 2.20. The van der Waals surface area contributed by atoms with E-state index in [1.54, 1.807) is 6.92 Å². The van der Waals surface area contributed by atoms with Crippen LogP contribution in [0.1, 0.15) is 11.9 Å². The molecular formula is C7H10ClN3O3. The predicted molar refractivity (Wildman–Crippen MR) is 50.5 cm³/mol. The maximum absolute atomic E-state index is 10.6. The molecule has 1 atom stereocenters. The second-order valence-corrected chi connectivity index (χ2v) is 3.09. The number of aryl methyl sites for hydroxylation is 1. The van der Waals surface area contributed by atoms with Gasteiger partial charge in [0.2, 0.25) is 0 Å². The summed E-state index contributed by atoms with van der Waals surface area (Å²) in [6.45, 7) is 1.38. The summed E-state index contributed by atoms with van der Waals surface area (Å²) in [6, 6.07) is -0.500. The summed E-state index contributed by atoms with van der Waals surface area (Å²) in [4.78, 5) is 13.9. The zero-order valence-corrected chi connectivity index (χ0v) is 8.31. The van der Waals surface area contributed by atoms with Crippen molar-refractivity contribution in [1.82, 2.24) is 9.55 Å². The van der Waals surface area contributed by atoms with Crippen molar-refractivity contribution in [3.05, 3.63) is 22.1 Å². The molecule has 1 unspecified atom stereocenters. The third-order valence-corrected chi connectivity index (χ3v) is 2.26. The van der Waals surface area contributed by atoms with Crippen molar-refractivity contribution in [3.8, 4) is 0 Å². The molecule has 0 bridgehead atoms. The van der Waals surface area contributed by atoms with Gasteiger partial charge in [-0.25, -0.2) is 9.55 Å². The molecular weight excluding hydrogens is 210 g/mol. The number of nitrogens with zero attached hydrogens (tertiary/aromatic N) is 3. The number of aliphatic hydroxyl groups is 1. The van der Waals surface area contributed by atoms with E-state index in [9.17, 15) is 10.1 Å². The van der Waals surface area contributed by atoms with Gasteiger partial charge in [-0.3, -0.25) is 0 Å². The number of halogens is 1. The first-order chi connectivity index (χ1) is 6.61. The van der Waals surface area contributed by atoms with Crippen LogP contribution in [0.3, 0.4) is 0 Å². The molecule has 1 aromatic rings. The van der Waals surface area contributed by atoms with Crippen molar-refractivity contribution in [2.45, 2.75) is 13.0 Å². The Morgan fingerprint density at radius 3 is 2.93 bits per heavy atom. The predicted octanol–water partition coefficient (Wildman–Crippen LogP) is 0.872. The van der Waals surface area contributed by atoms with E-state index in [1.165, 1.54) is 4.57 Å². The Hall–Kier alpha value is -1.14. The number of alkyl halides is 1. The quantitative estimate of drug-likeness (QED) is 0.463. The largest absolute Gasteiger partial charge is 0.392 e. The van der Waals surface area contributed by atoms with E-state index in [0.717, 1.165) is 6.20 Å². The molecule has 1 rings (SSSR count). The maximum Gasteiger partial charge on any atom is 0.343 e. The van der Waals surface area contributed by atoms with Crippen molar-refractivity contribution in [2.75, 3.05) is 12.5 Å². The van der Waals surface area contributed by atoms with Crippen LogP contribution in [0.2, 0.25) is 0 Å². The monoisotopic (exact) mass is 219 g/mol. The summed E-state index contributed by atoms with van der Waals surface area (Å²) in [7, 11) is 0. The molecule has 0 aliphatic heterocycles. The Bertz CT molecular complexity index is 335. The third-order valence-electron chi connectivity index (χ3n) is 1.90. The summed E-state index contributed by atoms with van der Waals surface area (Å²) < 4.78 is 1.33. The molecule has 1 aromatic heterocycles. The molecule has 0 radical (unpaired) electrons. The smallest absolute Gasteiger partial charge is 0.343 e. The van der Waals surface area contributed by atoms with Gasteiger partial charge in [0.15, 0.2) is 5.82 Å². The molecule has 78 valence electrons. The Labute approximate surface area is 85.3 Å². The lowest BCUT2D eigenvalue weighted by Gasteiger charge is -2.10. The lowest BCUT2D eigenvalue weighted by atomic mass is 10.3. The van der Waals surface area contributed by atoms with Gasteiger partial charge in [-0.1, -0.05) is 0 Å². The molecule has 0 aliphatic rings. The van der Waals surface area contributed by atoms with Crippen molar-refractivity contribution in [2.24, 2.45) is 0 Å². The molecule has 0 spiro atoms. The summed E-state index contributed by atoms with van der Waals surface area (Å²) in [5.41, 5.74) is 0. The molecule has 0 fully saturated rings. The first kappa shape index (κ1) is 10.9. The highest BCUT2D eigenvalue weighted by molar-refractivity contribution is 6.18. The summed E-state index contributed by atoms with van der Waals surface area (Å²) >= 11 is 5.58. The average Bonchev–Trinajstić information content (AvgIpc) is 2.51. The van der Waals surface area contributed by atoms with Gasteiger partial charge in [0.05, 0.1) is 12.5 Å². The van der Waals surface area contributed by atoms with Crippen LogP contribution in [0.4, 0.5) is 5.82 Å². The van der Waals surface area contributed by atoms with Gasteiger partial charge in [0.1, 0.15) is 12.2 Å². The molecule has 0 saturated carbocycles. The SMILES string of the molecule is Cc1ncc([N+](=O)[O-])n1C(CO)CCl. The van der Waals surface area contributed by atoms with E-state index in [-0.39, 0.29) is 18.3 Å². The summed E-state index contributed by atoms with van der Waals surface area (Å²) in [6.07, 6.45) is 1.16. The van der Waals surface area contributed by atoms with E-state index in [2.05, 4.69) is 4.98 Å². The highest BCUT2D eigenvalue weighted by atomic mass is 35.5. The van der Waals surface area contributed by atoms with Crippen molar-refractivity contribution in [1.29, 1.82) is 0 Å². The van der Waals surface area contributed by atoms with Gasteiger partial charge in [-0.2, -0.15) is 0 Å². The Balaban J connectivity index is 3.15. The minimum atomic E-state index is -0.546. The van der Waals surface area contributed by atoms with Crippen LogP contribution in [0.5, 0.6) is 0 Å². The van der Waals surface area contributed by atoms with E-state index in [0.29, 0.717) is 5.82 Å². The molecule has 1 N–H and O–H groups in total. The van der Waals surface area contributed by atoms with Crippen molar-refractivity contribution < 1.29 is 10.0 Å². The molecule has 1 heterocycles. The van der Waals surface area contributed by atoms with Crippen LogP contribution in [-0.2, 0) is 0 Å². The molecule has 14 heavy (non-hydrogen) atoms. The number of hydrogen-bond donors (Lipinski definition) is 1. The number of aliphatic hydroxyl groups excluding tert-OH is 1. The standard InChI is InChI=1S/C7H10ClN3O3/c1-5-9-3-7(11(13)14)10(5)6(2-8)4-12/h3,6,12H,2,4H2,1H3. The first-order valence-corrected chi connectivity index (χ1v) is 4.50. The van der Waals surface area contributed by atoms with Gasteiger partial charge in [0, 0.05) is 6.92 Å². The van der Waals surface area contributed by atoms with E-state index in [1.807, 2.05) is 0 Å². The zero-order chi connectivity index (χ0) is 10.7. The van der Waals surface area contributed by atoms with Gasteiger partial charge in [-0.15, -0.1) is 11.6 Å². The second kappa shape index (κ2) is 4.39. The van der Waals surface area contributed by atoms with Crippen LogP contribution >= 0.6 is 11.6 Å². The zero-order valence-electron chi connectivity index (χ0n) is 7.55. The Morgan fingerprint density at radius 1 is 1.86 bits per heavy atom. The second-order valence-electron chi connectivity index (χ2n) is 2.78. The first-order valence-electron chi connectivity index (χ1n) is 3.96. The average molecular weight is 220 g/mol. The molecule has 0 saturated heterocycles. The van der Waals surface area contributed by atoms with Crippen LogP contribution in [0.15, 0.2) is 6.20 Å². The fourth-order valence-electron chi connectivity index (χ4n) is 1.23. The van der Waals surface area contributed by atoms with Gasteiger partial charge in [-0.05, 0) is 4.92 Å². The molecule has 0 amide bonds. The third kappa shape index (κ3) is 1.85. The highest BCUT2D eigenvalue weighted by Gasteiger charge is 2.24. The molecule has 6 nitrogen and oxygen atoms in total. The Kier molecular flexibility index (Phi) is 3.43. The van der Waals surface area contributed by atoms with Crippen molar-refractivity contribution in [3.63, 3.8) is 0 Å². The minimum Gasteiger partial charge on any atom is -0.392 e. The fourth-order valence-corrected chi connectivity index (χ4v) is 1.46. The maximum atomic E-state index is 10.6. The number of imidazole rings is 1. The van der Waals surface area contributed by atoms with Crippen molar-refractivity contribution >= 4 is 17.4 Å². The molecule has 7 heteroatoms. The van der Waals surface area contributed by atoms with Crippen LogP contribution in [0, 0.1) is 17.0 Å². The van der Waals surface area contributed by atoms with Crippen LogP contribution in [-0.4, -0.2) is 32.1 Å². The van der Waals surface area contributed by atoms with Gasteiger partial charge in [0.25, 0.3) is 0 Å². The van der Waals surface area contributed by atoms with E-state index >= 15 is 0 Å². The number of hydrogen-bond acceptors (Lipinski definition) is 4. The fraction of sp³-hybridized carbons (Fsp3) is 0.571. The lowest BCUT2D eigenvalue weighted by molar-refractivity contribution is -0.392. The number of rotatable bonds is 4. The normalized spacial score (nSPS) is 12.8.